The molecule has 3 heterocycles. The number of nitrogens with one attached hydrogen (secondary N) is 1. The van der Waals surface area contributed by atoms with Gasteiger partial charge in [-0.3, -0.25) is 4.98 Å². The molecule has 1 saturated heterocycles. The number of halogens is 3. The third kappa shape index (κ3) is 4.26. The highest BCUT2D eigenvalue weighted by Crippen LogP contribution is 2.35. The van der Waals surface area contributed by atoms with E-state index in [1.165, 1.54) is 13.2 Å². The maximum absolute atomic E-state index is 13.4. The molecule has 0 amide bonds. The molecular weight excluding hydrogens is 411 g/mol. The van der Waals surface area contributed by atoms with Crippen LogP contribution in [0.15, 0.2) is 36.4 Å². The van der Waals surface area contributed by atoms with Crippen LogP contribution in [0, 0.1) is 5.41 Å². The number of benzene rings is 1. The quantitative estimate of drug-likeness (QED) is 0.461. The molecule has 1 fully saturated rings. The van der Waals surface area contributed by atoms with Crippen LogP contribution in [0.4, 0.5) is 13.2 Å². The molecule has 3 aromatic rings. The number of nitrogens with zero attached hydrogens (tertiary/aromatic N) is 3. The van der Waals surface area contributed by atoms with Gasteiger partial charge in [-0.25, -0.2) is 4.98 Å². The average Bonchev–Trinajstić information content (AvgIpc) is 3.15. The van der Waals surface area contributed by atoms with E-state index in [1.807, 2.05) is 9.88 Å². The van der Waals surface area contributed by atoms with Gasteiger partial charge in [0.15, 0.2) is 11.6 Å². The molecule has 0 unspecified atom stereocenters. The van der Waals surface area contributed by atoms with Gasteiger partial charge in [0.1, 0.15) is 18.3 Å². The highest BCUT2D eigenvalue weighted by atomic mass is 19.4. The lowest BCUT2D eigenvalue weighted by atomic mass is 10.1. The van der Waals surface area contributed by atoms with Gasteiger partial charge >= 0.3 is 6.18 Å². The van der Waals surface area contributed by atoms with Crippen LogP contribution in [0.3, 0.4) is 0 Å². The number of rotatable bonds is 6. The van der Waals surface area contributed by atoms with Gasteiger partial charge in [0.25, 0.3) is 0 Å². The Labute approximate surface area is 176 Å². The highest BCUT2D eigenvalue weighted by Gasteiger charge is 2.31. The largest absolute Gasteiger partial charge is 0.490 e. The van der Waals surface area contributed by atoms with Crippen molar-refractivity contribution in [2.45, 2.75) is 31.6 Å². The third-order valence-electron chi connectivity index (χ3n) is 5.43. The molecule has 0 bridgehead atoms. The molecule has 3 N–H and O–H groups in total. The molecule has 1 aliphatic heterocycles. The monoisotopic (exact) mass is 434 g/mol. The predicted molar refractivity (Wildman–Crippen MR) is 109 cm³/mol. The van der Waals surface area contributed by atoms with Crippen molar-refractivity contribution in [3.05, 3.63) is 47.7 Å². The Morgan fingerprint density at radius 2 is 2.10 bits per heavy atom. The summed E-state index contributed by atoms with van der Waals surface area (Å²) in [5.41, 5.74) is 1.01. The van der Waals surface area contributed by atoms with Gasteiger partial charge in [-0.2, -0.15) is 13.2 Å². The van der Waals surface area contributed by atoms with E-state index >= 15 is 0 Å². The molecule has 1 aromatic carbocycles. The fourth-order valence-corrected chi connectivity index (χ4v) is 3.94. The molecule has 31 heavy (non-hydrogen) atoms. The Kier molecular flexibility index (Phi) is 5.92. The standard InChI is InChI=1S/C21H22F3N5O2/c1-30-15(9-25)10-26-12-19-28-18-11-27-17-3-2-13(21(22,23)24)8-16(17)20(18)29(19)14-4-6-31-7-5-14/h2-3,8-11,14,25-26H,4-7,12H2,1H3/p+1/b15-10+,25-9?. The van der Waals surface area contributed by atoms with Crippen LogP contribution in [-0.2, 0) is 22.2 Å². The lowest BCUT2D eigenvalue weighted by Gasteiger charge is -2.25. The van der Waals surface area contributed by atoms with Gasteiger partial charge < -0.3 is 24.8 Å². The van der Waals surface area contributed by atoms with Gasteiger partial charge in [0.05, 0.1) is 36.1 Å². The summed E-state index contributed by atoms with van der Waals surface area (Å²) < 4.78 is 52.8. The average molecular weight is 434 g/mol. The SMILES string of the molecule is CO/C(C=N)=C/[NH2+]Cc1nc2cnc3ccc(C(F)(F)F)cc3c2n1C1CCOCC1. The van der Waals surface area contributed by atoms with Gasteiger partial charge in [-0.1, -0.05) is 0 Å². The number of nitrogens with two attached hydrogens (primary N) is 1. The first-order valence-electron chi connectivity index (χ1n) is 9.95. The Morgan fingerprint density at radius 1 is 1.32 bits per heavy atom. The third-order valence-corrected chi connectivity index (χ3v) is 5.43. The Hall–Kier alpha value is -2.98. The zero-order chi connectivity index (χ0) is 22.0. The summed E-state index contributed by atoms with van der Waals surface area (Å²) in [5, 5.41) is 9.59. The molecule has 0 aliphatic carbocycles. The molecular formula is C21H23F3N5O2+. The maximum Gasteiger partial charge on any atom is 0.416 e. The fourth-order valence-electron chi connectivity index (χ4n) is 3.94. The summed E-state index contributed by atoms with van der Waals surface area (Å²) >= 11 is 0. The van der Waals surface area contributed by atoms with Crippen molar-refractivity contribution in [2.75, 3.05) is 20.3 Å². The van der Waals surface area contributed by atoms with Gasteiger partial charge in [0.2, 0.25) is 0 Å². The van der Waals surface area contributed by atoms with E-state index in [1.54, 1.807) is 12.4 Å². The number of imidazole rings is 1. The van der Waals surface area contributed by atoms with E-state index in [2.05, 4.69) is 4.98 Å². The Morgan fingerprint density at radius 3 is 2.77 bits per heavy atom. The molecule has 7 nitrogen and oxygen atoms in total. The van der Waals surface area contributed by atoms with Crippen LogP contribution < -0.4 is 5.32 Å². The van der Waals surface area contributed by atoms with Crippen LogP contribution in [0.2, 0.25) is 0 Å². The van der Waals surface area contributed by atoms with Crippen LogP contribution in [0.25, 0.3) is 21.9 Å². The molecule has 4 rings (SSSR count). The first-order chi connectivity index (χ1) is 14.9. The number of aromatic nitrogens is 3. The summed E-state index contributed by atoms with van der Waals surface area (Å²) in [7, 11) is 1.48. The van der Waals surface area contributed by atoms with Crippen molar-refractivity contribution in [3.8, 4) is 0 Å². The number of alkyl halides is 3. The van der Waals surface area contributed by atoms with Crippen LogP contribution >= 0.6 is 0 Å². The van der Waals surface area contributed by atoms with Crippen molar-refractivity contribution >= 4 is 28.2 Å². The number of fused-ring (bicyclic) bond motifs is 3. The van der Waals surface area contributed by atoms with Crippen molar-refractivity contribution in [1.29, 1.82) is 5.41 Å². The number of ether oxygens (including phenoxy) is 2. The minimum atomic E-state index is -4.44. The number of hydrogen-bond donors (Lipinski definition) is 2. The number of allylic oxidation sites excluding steroid dienone is 1. The fraction of sp³-hybridized carbons (Fsp3) is 0.381. The van der Waals surface area contributed by atoms with Crippen LogP contribution in [0.5, 0.6) is 0 Å². The molecule has 0 atom stereocenters. The summed E-state index contributed by atoms with van der Waals surface area (Å²) in [4.78, 5) is 9.03. The van der Waals surface area contributed by atoms with Gasteiger partial charge in [-0.15, -0.1) is 0 Å². The first-order valence-corrected chi connectivity index (χ1v) is 9.95. The first kappa shape index (κ1) is 21.3. The summed E-state index contributed by atoms with van der Waals surface area (Å²) in [5.74, 6) is 1.13. The number of methoxy groups -OCH3 is 1. The van der Waals surface area contributed by atoms with E-state index in [4.69, 9.17) is 19.9 Å². The second-order valence-corrected chi connectivity index (χ2v) is 7.32. The van der Waals surface area contributed by atoms with Gasteiger partial charge in [-0.05, 0) is 31.0 Å². The minimum Gasteiger partial charge on any atom is -0.490 e. The molecule has 164 valence electrons. The molecule has 2 aromatic heterocycles. The summed E-state index contributed by atoms with van der Waals surface area (Å²) in [6, 6.07) is 3.69. The van der Waals surface area contributed by atoms with Crippen molar-refractivity contribution < 1.29 is 28.0 Å². The summed E-state index contributed by atoms with van der Waals surface area (Å²) in [6.45, 7) is 1.62. The van der Waals surface area contributed by atoms with E-state index in [0.29, 0.717) is 47.5 Å². The highest BCUT2D eigenvalue weighted by molar-refractivity contribution is 6.02. The van der Waals surface area contributed by atoms with Crippen LogP contribution in [-0.4, -0.2) is 41.1 Å². The zero-order valence-electron chi connectivity index (χ0n) is 16.9. The van der Waals surface area contributed by atoms with Crippen molar-refractivity contribution in [2.24, 2.45) is 0 Å². The summed E-state index contributed by atoms with van der Waals surface area (Å²) in [6.07, 6.45) is 1.46. The number of pyridine rings is 1. The minimum absolute atomic E-state index is 0.0657. The van der Waals surface area contributed by atoms with Crippen molar-refractivity contribution in [3.63, 3.8) is 0 Å². The predicted octanol–water partition coefficient (Wildman–Crippen LogP) is 3.16. The Balaban J connectivity index is 1.87. The second-order valence-electron chi connectivity index (χ2n) is 7.32. The second kappa shape index (κ2) is 8.64. The van der Waals surface area contributed by atoms with E-state index in [-0.39, 0.29) is 6.04 Å². The van der Waals surface area contributed by atoms with Crippen LogP contribution in [0.1, 0.15) is 30.3 Å². The van der Waals surface area contributed by atoms with E-state index in [0.717, 1.165) is 37.0 Å². The molecule has 10 heteroatoms. The molecule has 0 radical (unpaired) electrons. The normalized spacial score (nSPS) is 16.2. The topological polar surface area (TPSA) is 89.6 Å². The smallest absolute Gasteiger partial charge is 0.416 e. The molecule has 0 saturated carbocycles. The lowest BCUT2D eigenvalue weighted by Crippen LogP contribution is -2.76. The molecule has 1 aliphatic rings. The number of hydrogen-bond acceptors (Lipinski definition) is 5. The molecule has 0 spiro atoms. The lowest BCUT2D eigenvalue weighted by molar-refractivity contribution is -0.607. The van der Waals surface area contributed by atoms with E-state index in [9.17, 15) is 13.2 Å². The van der Waals surface area contributed by atoms with E-state index < -0.39 is 11.7 Å². The zero-order valence-corrected chi connectivity index (χ0v) is 16.9. The van der Waals surface area contributed by atoms with Crippen molar-refractivity contribution in [1.82, 2.24) is 14.5 Å². The number of quaternary nitrogens is 1. The maximum atomic E-state index is 13.4. The van der Waals surface area contributed by atoms with Gasteiger partial charge in [0, 0.05) is 24.6 Å². The Bertz CT molecular complexity index is 1130.